The molecule has 0 atom stereocenters. The third-order valence-electron chi connectivity index (χ3n) is 3.18. The second kappa shape index (κ2) is 5.14. The second-order valence-corrected chi connectivity index (χ2v) is 4.63. The van der Waals surface area contributed by atoms with Crippen LogP contribution in [-0.2, 0) is 6.42 Å². The van der Waals surface area contributed by atoms with Crippen LogP contribution in [0.3, 0.4) is 0 Å². The molecule has 0 unspecified atom stereocenters. The van der Waals surface area contributed by atoms with Crippen molar-refractivity contribution < 1.29 is 0 Å². The Kier molecular flexibility index (Phi) is 3.19. The summed E-state index contributed by atoms with van der Waals surface area (Å²) in [7, 11) is 0. The third kappa shape index (κ3) is 2.45. The highest BCUT2D eigenvalue weighted by atomic mass is 15.1. The molecule has 0 aliphatic carbocycles. The van der Waals surface area contributed by atoms with Crippen molar-refractivity contribution in [2.45, 2.75) is 19.8 Å². The zero-order valence-corrected chi connectivity index (χ0v) is 11.0. The quantitative estimate of drug-likeness (QED) is 0.727. The van der Waals surface area contributed by atoms with Gasteiger partial charge in [0.05, 0.1) is 11.0 Å². The zero-order chi connectivity index (χ0) is 13.1. The van der Waals surface area contributed by atoms with Crippen LogP contribution in [0.5, 0.6) is 0 Å². The molecule has 0 radical (unpaired) electrons. The maximum absolute atomic E-state index is 4.54. The van der Waals surface area contributed by atoms with E-state index < -0.39 is 0 Å². The number of imidazole rings is 1. The zero-order valence-electron chi connectivity index (χ0n) is 11.0. The number of nitrogens with zero attached hydrogens (tertiary/aromatic N) is 1. The number of aromatic nitrogens is 2. The van der Waals surface area contributed by atoms with Gasteiger partial charge in [0, 0.05) is 5.69 Å². The number of fused-ring (bicyclic) bond motifs is 1. The second-order valence-electron chi connectivity index (χ2n) is 4.63. The number of anilines is 2. The molecule has 3 heteroatoms. The molecule has 3 rings (SSSR count). The molecule has 0 spiro atoms. The van der Waals surface area contributed by atoms with E-state index in [1.807, 2.05) is 30.3 Å². The summed E-state index contributed by atoms with van der Waals surface area (Å²) in [6.07, 6.45) is 2.21. The molecular weight excluding hydrogens is 234 g/mol. The minimum Gasteiger partial charge on any atom is -0.326 e. The fraction of sp³-hybridized carbons (Fsp3) is 0.188. The van der Waals surface area contributed by atoms with Gasteiger partial charge in [-0.2, -0.15) is 0 Å². The number of aromatic amines is 1. The van der Waals surface area contributed by atoms with Crippen molar-refractivity contribution in [1.82, 2.24) is 9.97 Å². The summed E-state index contributed by atoms with van der Waals surface area (Å²) >= 11 is 0. The fourth-order valence-corrected chi connectivity index (χ4v) is 2.27. The molecule has 1 aromatic heterocycles. The summed E-state index contributed by atoms with van der Waals surface area (Å²) in [6, 6.07) is 16.4. The van der Waals surface area contributed by atoms with E-state index >= 15 is 0 Å². The van der Waals surface area contributed by atoms with E-state index in [1.54, 1.807) is 0 Å². The SMILES string of the molecule is CCCc1ccccc1Nc1nc2ccccc2[nH]1. The number of nitrogens with one attached hydrogen (secondary N) is 2. The van der Waals surface area contributed by atoms with Gasteiger partial charge < -0.3 is 10.3 Å². The molecule has 2 N–H and O–H groups in total. The van der Waals surface area contributed by atoms with Crippen molar-refractivity contribution >= 4 is 22.7 Å². The Labute approximate surface area is 112 Å². The lowest BCUT2D eigenvalue weighted by atomic mass is 10.1. The first-order valence-electron chi connectivity index (χ1n) is 6.66. The van der Waals surface area contributed by atoms with Crippen molar-refractivity contribution in [3.8, 4) is 0 Å². The fourth-order valence-electron chi connectivity index (χ4n) is 2.27. The first-order valence-corrected chi connectivity index (χ1v) is 6.66. The lowest BCUT2D eigenvalue weighted by Gasteiger charge is -2.08. The monoisotopic (exact) mass is 251 g/mol. The highest BCUT2D eigenvalue weighted by Gasteiger charge is 2.05. The standard InChI is InChI=1S/C16H17N3/c1-2-7-12-8-3-4-9-13(12)17-16-18-14-10-5-6-11-15(14)19-16/h3-6,8-11H,2,7H2,1H3,(H2,17,18,19). The summed E-state index contributed by atoms with van der Waals surface area (Å²) in [5.41, 5.74) is 4.49. The van der Waals surface area contributed by atoms with Gasteiger partial charge >= 0.3 is 0 Å². The molecule has 0 saturated heterocycles. The van der Waals surface area contributed by atoms with Crippen molar-refractivity contribution in [2.75, 3.05) is 5.32 Å². The topological polar surface area (TPSA) is 40.7 Å². The van der Waals surface area contributed by atoms with Crippen LogP contribution in [-0.4, -0.2) is 9.97 Å². The Morgan fingerprint density at radius 2 is 1.84 bits per heavy atom. The molecule has 96 valence electrons. The molecule has 19 heavy (non-hydrogen) atoms. The summed E-state index contributed by atoms with van der Waals surface area (Å²) in [5.74, 6) is 0.796. The van der Waals surface area contributed by atoms with Crippen molar-refractivity contribution in [2.24, 2.45) is 0 Å². The Morgan fingerprint density at radius 3 is 2.68 bits per heavy atom. The Hall–Kier alpha value is -2.29. The maximum atomic E-state index is 4.54. The van der Waals surface area contributed by atoms with E-state index in [4.69, 9.17) is 0 Å². The van der Waals surface area contributed by atoms with Gasteiger partial charge in [-0.15, -0.1) is 0 Å². The predicted molar refractivity (Wildman–Crippen MR) is 79.8 cm³/mol. The van der Waals surface area contributed by atoms with Crippen molar-refractivity contribution in [3.63, 3.8) is 0 Å². The Morgan fingerprint density at radius 1 is 1.05 bits per heavy atom. The van der Waals surface area contributed by atoms with E-state index in [9.17, 15) is 0 Å². The van der Waals surface area contributed by atoms with E-state index in [2.05, 4.69) is 40.4 Å². The summed E-state index contributed by atoms with van der Waals surface area (Å²) in [4.78, 5) is 7.83. The van der Waals surface area contributed by atoms with Crippen LogP contribution in [0.2, 0.25) is 0 Å². The molecule has 1 heterocycles. The molecule has 3 nitrogen and oxygen atoms in total. The molecule has 0 saturated carbocycles. The minimum atomic E-state index is 0.796. The van der Waals surface area contributed by atoms with E-state index in [0.29, 0.717) is 0 Å². The van der Waals surface area contributed by atoms with Gasteiger partial charge in [-0.05, 0) is 30.2 Å². The highest BCUT2D eigenvalue weighted by Crippen LogP contribution is 2.22. The van der Waals surface area contributed by atoms with Crippen LogP contribution >= 0.6 is 0 Å². The van der Waals surface area contributed by atoms with Crippen LogP contribution in [0.4, 0.5) is 11.6 Å². The van der Waals surface area contributed by atoms with Gasteiger partial charge in [0.1, 0.15) is 0 Å². The molecule has 0 aliphatic heterocycles. The largest absolute Gasteiger partial charge is 0.326 e. The van der Waals surface area contributed by atoms with Crippen LogP contribution in [0, 0.1) is 0 Å². The Balaban J connectivity index is 1.92. The van der Waals surface area contributed by atoms with Gasteiger partial charge in [0.2, 0.25) is 5.95 Å². The first kappa shape index (κ1) is 11.8. The first-order chi connectivity index (χ1) is 9.36. The molecule has 0 fully saturated rings. The van der Waals surface area contributed by atoms with Gasteiger partial charge in [-0.25, -0.2) is 4.98 Å². The number of hydrogen-bond acceptors (Lipinski definition) is 2. The maximum Gasteiger partial charge on any atom is 0.205 e. The van der Waals surface area contributed by atoms with Crippen molar-refractivity contribution in [1.29, 1.82) is 0 Å². The highest BCUT2D eigenvalue weighted by molar-refractivity contribution is 5.78. The molecular formula is C16H17N3. The van der Waals surface area contributed by atoms with E-state index in [1.165, 1.54) is 5.56 Å². The third-order valence-corrected chi connectivity index (χ3v) is 3.18. The number of hydrogen-bond donors (Lipinski definition) is 2. The lowest BCUT2D eigenvalue weighted by Crippen LogP contribution is -1.97. The lowest BCUT2D eigenvalue weighted by molar-refractivity contribution is 0.923. The average Bonchev–Trinajstić information content (AvgIpc) is 2.83. The smallest absolute Gasteiger partial charge is 0.205 e. The van der Waals surface area contributed by atoms with Gasteiger partial charge in [0.15, 0.2) is 0 Å². The van der Waals surface area contributed by atoms with Crippen LogP contribution in [0.1, 0.15) is 18.9 Å². The minimum absolute atomic E-state index is 0.796. The number of aryl methyl sites for hydroxylation is 1. The molecule has 0 amide bonds. The number of rotatable bonds is 4. The molecule has 0 aliphatic rings. The van der Waals surface area contributed by atoms with Gasteiger partial charge in [-0.3, -0.25) is 0 Å². The van der Waals surface area contributed by atoms with E-state index in [0.717, 1.165) is 35.5 Å². The number of H-pyrrole nitrogens is 1. The number of benzene rings is 2. The summed E-state index contributed by atoms with van der Waals surface area (Å²) < 4.78 is 0. The van der Waals surface area contributed by atoms with Crippen LogP contribution in [0.15, 0.2) is 48.5 Å². The summed E-state index contributed by atoms with van der Waals surface area (Å²) in [5, 5.41) is 3.38. The molecule has 2 aromatic carbocycles. The van der Waals surface area contributed by atoms with Gasteiger partial charge in [0.25, 0.3) is 0 Å². The molecule has 3 aromatic rings. The van der Waals surface area contributed by atoms with Gasteiger partial charge in [-0.1, -0.05) is 43.7 Å². The number of para-hydroxylation sites is 3. The van der Waals surface area contributed by atoms with Crippen LogP contribution < -0.4 is 5.32 Å². The summed E-state index contributed by atoms with van der Waals surface area (Å²) in [6.45, 7) is 2.19. The Bertz CT molecular complexity index is 652. The van der Waals surface area contributed by atoms with Crippen molar-refractivity contribution in [3.05, 3.63) is 54.1 Å². The van der Waals surface area contributed by atoms with E-state index in [-0.39, 0.29) is 0 Å². The molecule has 0 bridgehead atoms. The van der Waals surface area contributed by atoms with Crippen LogP contribution in [0.25, 0.3) is 11.0 Å². The predicted octanol–water partition coefficient (Wildman–Crippen LogP) is 4.26. The average molecular weight is 251 g/mol. The normalized spacial score (nSPS) is 10.8.